The van der Waals surface area contributed by atoms with Gasteiger partial charge in [-0.3, -0.25) is 9.80 Å². The topological polar surface area (TPSA) is 118 Å². The van der Waals surface area contributed by atoms with Gasteiger partial charge in [0.1, 0.15) is 34.3 Å². The zero-order valence-corrected chi connectivity index (χ0v) is 30.4. The number of amides is 1. The fraction of sp³-hybridized carbons (Fsp3) is 0.351. The molecule has 2 aromatic carbocycles. The Morgan fingerprint density at radius 3 is 2.36 bits per heavy atom. The number of thiophene rings is 1. The van der Waals surface area contributed by atoms with E-state index in [4.69, 9.17) is 42.1 Å². The molecule has 1 amide bonds. The fourth-order valence-corrected chi connectivity index (χ4v) is 7.54. The van der Waals surface area contributed by atoms with Crippen molar-refractivity contribution in [1.82, 2.24) is 4.90 Å². The van der Waals surface area contributed by atoms with E-state index in [-0.39, 0.29) is 47.1 Å². The molecule has 3 aliphatic rings. The van der Waals surface area contributed by atoms with Crippen LogP contribution in [-0.2, 0) is 16.0 Å². The molecule has 3 fully saturated rings. The van der Waals surface area contributed by atoms with Gasteiger partial charge in [0.15, 0.2) is 11.5 Å². The standard InChI is InChI=1S/C37H40Cl2N2O8S/c1-5-26(38)25(27(39)6-2)19-31(23-10-12-30(46-3)32(18-23)47-4)48-36(44)34-13-11-24(50-34)20-41(35-28(42)8-7-9-29(35)43)37(45)49-33-21-40-16-14-22(33)15-17-40/h5-13,18,22,31,33,42-43H,1,14-17,19-21H2,2-4H3/b26-25+,27-6+/t31-,33-/m0/s1. The third-order valence-corrected chi connectivity index (χ3v) is 10.8. The number of ether oxygens (including phenoxy) is 4. The molecule has 3 aliphatic heterocycles. The normalized spacial score (nSPS) is 19.6. The molecule has 266 valence electrons. The predicted octanol–water partition coefficient (Wildman–Crippen LogP) is 8.52. The van der Waals surface area contributed by atoms with E-state index in [1.54, 1.807) is 43.3 Å². The van der Waals surface area contributed by atoms with Crippen LogP contribution in [-0.4, -0.2) is 67.1 Å². The first kappa shape index (κ1) is 37.1. The van der Waals surface area contributed by atoms with Gasteiger partial charge in [0.25, 0.3) is 0 Å². The molecular weight excluding hydrogens is 703 g/mol. The van der Waals surface area contributed by atoms with Gasteiger partial charge in [-0.2, -0.15) is 0 Å². The number of rotatable bonds is 13. The molecule has 3 aromatic rings. The maximum Gasteiger partial charge on any atom is 0.415 e. The van der Waals surface area contributed by atoms with Gasteiger partial charge in [-0.05, 0) is 86.3 Å². The van der Waals surface area contributed by atoms with E-state index in [1.165, 1.54) is 43.4 Å². The van der Waals surface area contributed by atoms with Crippen LogP contribution in [0.2, 0.25) is 0 Å². The molecule has 0 aliphatic carbocycles. The Morgan fingerprint density at radius 1 is 1.06 bits per heavy atom. The monoisotopic (exact) mass is 742 g/mol. The van der Waals surface area contributed by atoms with Crippen molar-refractivity contribution >= 4 is 52.3 Å². The lowest BCUT2D eigenvalue weighted by molar-refractivity contribution is -0.0311. The van der Waals surface area contributed by atoms with Gasteiger partial charge in [-0.25, -0.2) is 9.59 Å². The Kier molecular flexibility index (Phi) is 12.4. The minimum atomic E-state index is -0.850. The number of methoxy groups -OCH3 is 2. The lowest BCUT2D eigenvalue weighted by Crippen LogP contribution is -2.53. The van der Waals surface area contributed by atoms with E-state index in [0.29, 0.717) is 44.1 Å². The van der Waals surface area contributed by atoms with E-state index < -0.39 is 18.2 Å². The van der Waals surface area contributed by atoms with Crippen LogP contribution >= 0.6 is 34.5 Å². The van der Waals surface area contributed by atoms with Crippen molar-refractivity contribution in [3.8, 4) is 23.0 Å². The largest absolute Gasteiger partial charge is 0.506 e. The van der Waals surface area contributed by atoms with Crippen molar-refractivity contribution in [2.75, 3.05) is 38.8 Å². The minimum Gasteiger partial charge on any atom is -0.506 e. The summed E-state index contributed by atoms with van der Waals surface area (Å²) in [5, 5.41) is 22.1. The van der Waals surface area contributed by atoms with Gasteiger partial charge in [0.2, 0.25) is 0 Å². The second-order valence-electron chi connectivity index (χ2n) is 11.9. The molecule has 10 nitrogen and oxygen atoms in total. The van der Waals surface area contributed by atoms with Gasteiger partial charge in [-0.15, -0.1) is 11.3 Å². The summed E-state index contributed by atoms with van der Waals surface area (Å²) in [6, 6.07) is 12.7. The van der Waals surface area contributed by atoms with Gasteiger partial charge < -0.3 is 29.2 Å². The van der Waals surface area contributed by atoms with Crippen LogP contribution in [0.1, 0.15) is 52.4 Å². The number of esters is 1. The van der Waals surface area contributed by atoms with Crippen molar-refractivity contribution in [3.63, 3.8) is 0 Å². The third kappa shape index (κ3) is 8.40. The number of carbonyl (C=O) groups is 2. The van der Waals surface area contributed by atoms with Gasteiger partial charge >= 0.3 is 12.1 Å². The number of phenolic OH excluding ortho intramolecular Hbond substituents is 2. The molecule has 2 atom stereocenters. The van der Waals surface area contributed by atoms with Crippen LogP contribution in [0.15, 0.2) is 82.9 Å². The fourth-order valence-electron chi connectivity index (χ4n) is 6.26. The summed E-state index contributed by atoms with van der Waals surface area (Å²) in [5.74, 6) is 0.00369. The average Bonchev–Trinajstić information content (AvgIpc) is 3.61. The molecule has 0 spiro atoms. The number of allylic oxidation sites excluding steroid dienone is 4. The molecule has 1 aromatic heterocycles. The van der Waals surface area contributed by atoms with Crippen LogP contribution in [0.3, 0.4) is 0 Å². The molecule has 2 bridgehead atoms. The highest BCUT2D eigenvalue weighted by Crippen LogP contribution is 2.40. The highest BCUT2D eigenvalue weighted by Gasteiger charge is 2.38. The number of hydrogen-bond donors (Lipinski definition) is 2. The number of aromatic hydroxyl groups is 2. The number of benzene rings is 2. The van der Waals surface area contributed by atoms with Crippen LogP contribution < -0.4 is 14.4 Å². The summed E-state index contributed by atoms with van der Waals surface area (Å²) in [5.41, 5.74) is 1.06. The van der Waals surface area contributed by atoms with Crippen LogP contribution in [0.5, 0.6) is 23.0 Å². The van der Waals surface area contributed by atoms with Crippen molar-refractivity contribution in [2.24, 2.45) is 5.92 Å². The highest BCUT2D eigenvalue weighted by molar-refractivity contribution is 7.14. The number of halogens is 2. The summed E-state index contributed by atoms with van der Waals surface area (Å²) >= 11 is 14.1. The maximum atomic E-state index is 13.7. The van der Waals surface area contributed by atoms with Gasteiger partial charge in [-0.1, -0.05) is 54.1 Å². The lowest BCUT2D eigenvalue weighted by Gasteiger charge is -2.44. The smallest absolute Gasteiger partial charge is 0.415 e. The zero-order valence-electron chi connectivity index (χ0n) is 28.1. The minimum absolute atomic E-state index is 0.0795. The van der Waals surface area contributed by atoms with Crippen molar-refractivity contribution in [1.29, 1.82) is 0 Å². The third-order valence-electron chi connectivity index (χ3n) is 8.94. The Hall–Kier alpha value is -4.16. The van der Waals surface area contributed by atoms with Crippen LogP contribution in [0.4, 0.5) is 10.5 Å². The first-order valence-electron chi connectivity index (χ1n) is 16.1. The van der Waals surface area contributed by atoms with E-state index >= 15 is 0 Å². The Bertz CT molecular complexity index is 1760. The second-order valence-corrected chi connectivity index (χ2v) is 13.9. The van der Waals surface area contributed by atoms with E-state index in [0.717, 1.165) is 37.3 Å². The summed E-state index contributed by atoms with van der Waals surface area (Å²) in [6.07, 6.45) is 3.32. The molecule has 50 heavy (non-hydrogen) atoms. The maximum absolute atomic E-state index is 13.7. The molecule has 13 heteroatoms. The molecule has 6 rings (SSSR count). The molecule has 4 heterocycles. The number of carbonyl (C=O) groups excluding carboxylic acids is 2. The number of nitrogens with zero attached hydrogens (tertiary/aromatic N) is 2. The Morgan fingerprint density at radius 2 is 1.76 bits per heavy atom. The summed E-state index contributed by atoms with van der Waals surface area (Å²) in [6.45, 7) is 8.04. The lowest BCUT2D eigenvalue weighted by atomic mass is 9.86. The van der Waals surface area contributed by atoms with E-state index in [9.17, 15) is 19.8 Å². The molecular formula is C37H40Cl2N2O8S. The van der Waals surface area contributed by atoms with Crippen LogP contribution in [0, 0.1) is 5.92 Å². The second kappa shape index (κ2) is 16.7. The first-order chi connectivity index (χ1) is 24.1. The molecule has 0 saturated carbocycles. The first-order valence-corrected chi connectivity index (χ1v) is 17.7. The SMILES string of the molecule is C=C/C(Cl)=C(C[C@H](OC(=O)c1ccc(CN(C(=O)O[C@H]2CN3CCC2CC3)c2c(O)cccc2O)s1)c1ccc(OC)c(OC)c1)\C(Cl)=C/C. The summed E-state index contributed by atoms with van der Waals surface area (Å²) in [4.78, 5) is 31.8. The number of hydrogen-bond acceptors (Lipinski definition) is 10. The van der Waals surface area contributed by atoms with Crippen molar-refractivity contribution in [3.05, 3.63) is 98.2 Å². The quantitative estimate of drug-likeness (QED) is 0.131. The number of fused-ring (bicyclic) bond motifs is 3. The number of anilines is 1. The van der Waals surface area contributed by atoms with Crippen LogP contribution in [0.25, 0.3) is 0 Å². The van der Waals surface area contributed by atoms with E-state index in [1.807, 2.05) is 0 Å². The molecule has 0 unspecified atom stereocenters. The molecule has 3 saturated heterocycles. The summed E-state index contributed by atoms with van der Waals surface area (Å²) < 4.78 is 23.0. The van der Waals surface area contributed by atoms with Crippen molar-refractivity contribution in [2.45, 2.75) is 44.9 Å². The Labute approximate surface area is 305 Å². The Balaban J connectivity index is 1.41. The van der Waals surface area contributed by atoms with Gasteiger partial charge in [0, 0.05) is 27.9 Å². The summed E-state index contributed by atoms with van der Waals surface area (Å²) in [7, 11) is 3.04. The number of phenols is 2. The van der Waals surface area contributed by atoms with Crippen molar-refractivity contribution < 1.29 is 38.7 Å². The zero-order chi connectivity index (χ0) is 35.9. The molecule has 0 radical (unpaired) electrons. The average molecular weight is 744 g/mol. The number of piperidine rings is 3. The highest BCUT2D eigenvalue weighted by atomic mass is 35.5. The predicted molar refractivity (Wildman–Crippen MR) is 195 cm³/mol. The molecule has 2 N–H and O–H groups in total. The van der Waals surface area contributed by atoms with E-state index in [2.05, 4.69) is 11.5 Å². The number of para-hydroxylation sites is 1. The van der Waals surface area contributed by atoms with Gasteiger partial charge in [0.05, 0.1) is 20.8 Å².